The Morgan fingerprint density at radius 1 is 0.375 bits per heavy atom. The summed E-state index contributed by atoms with van der Waals surface area (Å²) in [7, 11) is 0. The maximum atomic E-state index is 12.4. The van der Waals surface area contributed by atoms with E-state index in [0.29, 0.717) is 19.4 Å². The normalized spacial score (nSPS) is 12.6. The monoisotopic (exact) mass is 1020 g/mol. The highest BCUT2D eigenvalue weighted by Gasteiger charge is 2.18. The van der Waals surface area contributed by atoms with Crippen molar-refractivity contribution >= 4 is 11.9 Å². The smallest absolute Gasteiger partial charge is 0.305 e. The van der Waals surface area contributed by atoms with Gasteiger partial charge in [-0.05, 0) is 32.1 Å². The predicted molar refractivity (Wildman–Crippen MR) is 315 cm³/mol. The van der Waals surface area contributed by atoms with E-state index in [0.717, 1.165) is 38.5 Å². The van der Waals surface area contributed by atoms with Gasteiger partial charge in [0.1, 0.15) is 0 Å². The number of allylic oxidation sites excluding steroid dienone is 1. The fraction of sp³-hybridized carbons (Fsp3) is 0.939. The number of unbranched alkanes of at least 4 members (excludes halogenated alkanes) is 51. The topological polar surface area (TPSA) is 95.9 Å². The van der Waals surface area contributed by atoms with Crippen LogP contribution in [0.5, 0.6) is 0 Å². The Morgan fingerprint density at radius 2 is 0.639 bits per heavy atom. The maximum absolute atomic E-state index is 12.4. The van der Waals surface area contributed by atoms with E-state index in [2.05, 4.69) is 19.2 Å². The van der Waals surface area contributed by atoms with Gasteiger partial charge in [0.15, 0.2) is 0 Å². The molecular weight excluding hydrogens is 887 g/mol. The van der Waals surface area contributed by atoms with E-state index in [4.69, 9.17) is 4.74 Å². The Labute approximate surface area is 450 Å². The lowest BCUT2D eigenvalue weighted by Crippen LogP contribution is -2.45. The second kappa shape index (κ2) is 62.1. The number of carbonyl (C=O) groups excluding carboxylic acids is 2. The summed E-state index contributed by atoms with van der Waals surface area (Å²) in [4.78, 5) is 24.5. The number of hydrogen-bond donors (Lipinski definition) is 3. The van der Waals surface area contributed by atoms with Crippen LogP contribution in [0.15, 0.2) is 12.2 Å². The molecule has 0 aromatic heterocycles. The summed E-state index contributed by atoms with van der Waals surface area (Å²) in [6.45, 7) is 4.93. The fourth-order valence-corrected chi connectivity index (χ4v) is 10.5. The summed E-state index contributed by atoms with van der Waals surface area (Å²) in [5.41, 5.74) is 0. The van der Waals surface area contributed by atoms with Crippen molar-refractivity contribution in [2.75, 3.05) is 13.2 Å². The number of aliphatic hydroxyl groups excluding tert-OH is 2. The Hall–Kier alpha value is -1.40. The SMILES string of the molecule is CCCCCCCCCCCC/C=C/C(O)C(CO)NC(=O)CCCCCCCCCCCCCCCCCCCCCCCCCCCCCCOC(=O)CCCCCCCCCCCCCCCCC. The van der Waals surface area contributed by atoms with Crippen LogP contribution in [0.25, 0.3) is 0 Å². The van der Waals surface area contributed by atoms with E-state index in [-0.39, 0.29) is 18.5 Å². The molecule has 0 saturated carbocycles. The molecule has 0 fully saturated rings. The summed E-state index contributed by atoms with van der Waals surface area (Å²) in [5, 5.41) is 23.1. The molecule has 0 aromatic carbocycles. The molecule has 72 heavy (non-hydrogen) atoms. The van der Waals surface area contributed by atoms with Gasteiger partial charge >= 0.3 is 5.97 Å². The largest absolute Gasteiger partial charge is 0.466 e. The van der Waals surface area contributed by atoms with Gasteiger partial charge in [0.05, 0.1) is 25.4 Å². The van der Waals surface area contributed by atoms with Crippen LogP contribution in [0.2, 0.25) is 0 Å². The van der Waals surface area contributed by atoms with Crippen molar-refractivity contribution in [3.05, 3.63) is 12.2 Å². The number of nitrogens with one attached hydrogen (secondary N) is 1. The molecule has 6 nitrogen and oxygen atoms in total. The summed E-state index contributed by atoms with van der Waals surface area (Å²) >= 11 is 0. The zero-order chi connectivity index (χ0) is 52.2. The van der Waals surface area contributed by atoms with Crippen LogP contribution in [0, 0.1) is 0 Å². The van der Waals surface area contributed by atoms with Crippen LogP contribution >= 0.6 is 0 Å². The molecule has 0 aliphatic rings. The van der Waals surface area contributed by atoms with Gasteiger partial charge in [-0.15, -0.1) is 0 Å². The molecule has 3 N–H and O–H groups in total. The van der Waals surface area contributed by atoms with E-state index in [1.165, 1.54) is 308 Å². The van der Waals surface area contributed by atoms with Crippen LogP contribution in [0.3, 0.4) is 0 Å². The van der Waals surface area contributed by atoms with Crippen LogP contribution in [0.4, 0.5) is 0 Å². The van der Waals surface area contributed by atoms with Gasteiger partial charge in [-0.3, -0.25) is 9.59 Å². The van der Waals surface area contributed by atoms with Crippen molar-refractivity contribution in [3.8, 4) is 0 Å². The minimum atomic E-state index is -0.840. The lowest BCUT2D eigenvalue weighted by Gasteiger charge is -2.20. The number of ether oxygens (including phenoxy) is 1. The predicted octanol–water partition coefficient (Wildman–Crippen LogP) is 20.8. The first-order chi connectivity index (χ1) is 35.5. The van der Waals surface area contributed by atoms with E-state index in [1.807, 2.05) is 6.08 Å². The molecule has 0 aliphatic heterocycles. The van der Waals surface area contributed by atoms with Gasteiger partial charge in [-0.25, -0.2) is 0 Å². The number of aliphatic hydroxyl groups is 2. The average molecular weight is 1020 g/mol. The van der Waals surface area contributed by atoms with Gasteiger partial charge in [0.25, 0.3) is 0 Å². The minimum Gasteiger partial charge on any atom is -0.466 e. The van der Waals surface area contributed by atoms with E-state index >= 15 is 0 Å². The van der Waals surface area contributed by atoms with Crippen molar-refractivity contribution in [1.82, 2.24) is 5.32 Å². The van der Waals surface area contributed by atoms with Crippen molar-refractivity contribution in [3.63, 3.8) is 0 Å². The third kappa shape index (κ3) is 57.9. The molecule has 6 heteroatoms. The van der Waals surface area contributed by atoms with E-state index < -0.39 is 12.1 Å². The lowest BCUT2D eigenvalue weighted by molar-refractivity contribution is -0.143. The van der Waals surface area contributed by atoms with Crippen molar-refractivity contribution < 1.29 is 24.5 Å². The van der Waals surface area contributed by atoms with Crippen LogP contribution in [-0.4, -0.2) is 47.4 Å². The highest BCUT2D eigenvalue weighted by atomic mass is 16.5. The van der Waals surface area contributed by atoms with E-state index in [1.54, 1.807) is 6.08 Å². The van der Waals surface area contributed by atoms with Crippen molar-refractivity contribution in [2.24, 2.45) is 0 Å². The molecule has 0 radical (unpaired) electrons. The molecule has 0 aromatic rings. The lowest BCUT2D eigenvalue weighted by atomic mass is 10.0. The first kappa shape index (κ1) is 70.6. The number of rotatable bonds is 62. The summed E-state index contributed by atoms with van der Waals surface area (Å²) in [5.74, 6) is -0.0417. The highest BCUT2D eigenvalue weighted by Crippen LogP contribution is 2.19. The van der Waals surface area contributed by atoms with Gasteiger partial charge in [-0.1, -0.05) is 341 Å². The molecular formula is C66H129NO5. The summed E-state index contributed by atoms with van der Waals surface area (Å²) in [6, 6.07) is -0.623. The summed E-state index contributed by atoms with van der Waals surface area (Å²) < 4.78 is 5.50. The Morgan fingerprint density at radius 3 is 0.944 bits per heavy atom. The maximum Gasteiger partial charge on any atom is 0.305 e. The molecule has 2 unspecified atom stereocenters. The molecule has 0 bridgehead atoms. The number of esters is 1. The molecule has 0 heterocycles. The Bertz CT molecular complexity index is 1080. The Kier molecular flexibility index (Phi) is 60.9. The standard InChI is InChI=1S/C66H129NO5/c1-3-5-7-9-11-13-15-17-32-36-40-44-48-52-56-60-66(71)72-61-57-53-49-45-41-37-34-31-29-27-25-23-21-19-18-20-22-24-26-28-30-33-35-39-43-47-51-55-59-65(70)67-63(62-68)64(69)58-54-50-46-42-38-16-14-12-10-8-6-4-2/h54,58,63-64,68-69H,3-53,55-57,59-62H2,1-2H3,(H,67,70)/b58-54+. The number of carbonyl (C=O) groups is 2. The molecule has 0 saturated heterocycles. The molecule has 1 amide bonds. The second-order valence-corrected chi connectivity index (χ2v) is 22.8. The Balaban J connectivity index is 3.32. The highest BCUT2D eigenvalue weighted by molar-refractivity contribution is 5.76. The average Bonchev–Trinajstić information content (AvgIpc) is 3.38. The first-order valence-electron chi connectivity index (χ1n) is 33.0. The van der Waals surface area contributed by atoms with Gasteiger partial charge < -0.3 is 20.3 Å². The number of hydrogen-bond acceptors (Lipinski definition) is 5. The van der Waals surface area contributed by atoms with Gasteiger partial charge in [0, 0.05) is 12.8 Å². The van der Waals surface area contributed by atoms with Crippen LogP contribution in [0.1, 0.15) is 373 Å². The zero-order valence-electron chi connectivity index (χ0n) is 48.9. The fourth-order valence-electron chi connectivity index (χ4n) is 10.5. The van der Waals surface area contributed by atoms with Gasteiger partial charge in [-0.2, -0.15) is 0 Å². The van der Waals surface area contributed by atoms with Crippen molar-refractivity contribution in [2.45, 2.75) is 386 Å². The second-order valence-electron chi connectivity index (χ2n) is 22.8. The third-order valence-corrected chi connectivity index (χ3v) is 15.6. The molecule has 0 aliphatic carbocycles. The quantitative estimate of drug-likeness (QED) is 0.0320. The van der Waals surface area contributed by atoms with Crippen LogP contribution in [-0.2, 0) is 14.3 Å². The van der Waals surface area contributed by atoms with E-state index in [9.17, 15) is 19.8 Å². The molecule has 0 spiro atoms. The molecule has 2 atom stereocenters. The van der Waals surface area contributed by atoms with Gasteiger partial charge in [0.2, 0.25) is 5.91 Å². The summed E-state index contributed by atoms with van der Waals surface area (Å²) in [6.07, 6.45) is 75.7. The van der Waals surface area contributed by atoms with Crippen LogP contribution < -0.4 is 5.32 Å². The molecule has 428 valence electrons. The minimum absolute atomic E-state index is 0.0220. The third-order valence-electron chi connectivity index (χ3n) is 15.6. The zero-order valence-corrected chi connectivity index (χ0v) is 48.9. The first-order valence-corrected chi connectivity index (χ1v) is 33.0. The molecule has 0 rings (SSSR count). The number of amides is 1. The van der Waals surface area contributed by atoms with Crippen molar-refractivity contribution in [1.29, 1.82) is 0 Å².